The Morgan fingerprint density at radius 2 is 0.960 bits per heavy atom. The molecule has 6 aromatic carbocycles. The third-order valence-electron chi connectivity index (χ3n) is 9.09. The molecule has 0 atom stereocenters. The predicted molar refractivity (Wildman–Crippen MR) is 197 cm³/mol. The van der Waals surface area contributed by atoms with Gasteiger partial charge in [-0.1, -0.05) is 109 Å². The zero-order chi connectivity index (χ0) is 33.0. The van der Waals surface area contributed by atoms with Gasteiger partial charge in [-0.15, -0.1) is 0 Å². The third kappa shape index (κ3) is 4.64. The van der Waals surface area contributed by atoms with E-state index in [1.54, 1.807) is 6.33 Å². The second kappa shape index (κ2) is 11.3. The minimum Gasteiger partial charge on any atom is -0.455 e. The van der Waals surface area contributed by atoms with E-state index in [0.717, 1.165) is 71.9 Å². The maximum atomic E-state index is 6.56. The van der Waals surface area contributed by atoms with E-state index < -0.39 is 0 Å². The molecule has 4 aromatic heterocycles. The van der Waals surface area contributed by atoms with Gasteiger partial charge in [0.15, 0.2) is 23.1 Å². The summed E-state index contributed by atoms with van der Waals surface area (Å²) in [6.07, 6.45) is 1.59. The summed E-state index contributed by atoms with van der Waals surface area (Å²) in [5, 5.41) is 2.87. The van der Waals surface area contributed by atoms with E-state index in [0.29, 0.717) is 28.6 Å². The number of aromatic nitrogens is 5. The van der Waals surface area contributed by atoms with Crippen LogP contribution in [0.1, 0.15) is 0 Å². The number of nitrogens with zero attached hydrogens (tertiary/aromatic N) is 5. The Hall–Kier alpha value is -6.99. The second-order valence-corrected chi connectivity index (χ2v) is 12.1. The van der Waals surface area contributed by atoms with E-state index in [1.165, 1.54) is 0 Å². The number of fused-ring (bicyclic) bond motifs is 6. The van der Waals surface area contributed by atoms with Crippen molar-refractivity contribution in [2.75, 3.05) is 0 Å². The van der Waals surface area contributed by atoms with Crippen molar-refractivity contribution in [1.29, 1.82) is 0 Å². The van der Waals surface area contributed by atoms with Gasteiger partial charge in [0.05, 0.1) is 5.56 Å². The summed E-state index contributed by atoms with van der Waals surface area (Å²) in [6, 6.07) is 48.7. The van der Waals surface area contributed by atoms with Crippen LogP contribution in [0.25, 0.3) is 101 Å². The van der Waals surface area contributed by atoms with Gasteiger partial charge in [-0.2, -0.15) is 0 Å². The highest BCUT2D eigenvalue weighted by Crippen LogP contribution is 2.39. The first-order valence-electron chi connectivity index (χ1n) is 16.3. The number of furan rings is 2. The second-order valence-electron chi connectivity index (χ2n) is 12.1. The summed E-state index contributed by atoms with van der Waals surface area (Å²) in [7, 11) is 0. The number of hydrogen-bond donors (Lipinski definition) is 0. The Kier molecular flexibility index (Phi) is 6.35. The molecule has 0 aliphatic heterocycles. The van der Waals surface area contributed by atoms with Crippen molar-refractivity contribution in [2.45, 2.75) is 0 Å². The number of para-hydroxylation sites is 2. The predicted octanol–water partition coefficient (Wildman–Crippen LogP) is 10.8. The summed E-state index contributed by atoms with van der Waals surface area (Å²) in [4.78, 5) is 24.1. The van der Waals surface area contributed by atoms with Crippen LogP contribution in [0.4, 0.5) is 0 Å². The van der Waals surface area contributed by atoms with Gasteiger partial charge in [0.1, 0.15) is 34.3 Å². The summed E-state index contributed by atoms with van der Waals surface area (Å²) in [5.41, 5.74) is 10.2. The fraction of sp³-hybridized carbons (Fsp3) is 0. The lowest BCUT2D eigenvalue weighted by molar-refractivity contribution is 0.666. The van der Waals surface area contributed by atoms with Crippen LogP contribution in [0.3, 0.4) is 0 Å². The van der Waals surface area contributed by atoms with E-state index in [-0.39, 0.29) is 0 Å². The van der Waals surface area contributed by atoms with E-state index in [1.807, 2.05) is 97.1 Å². The van der Waals surface area contributed by atoms with Crippen molar-refractivity contribution >= 4 is 44.0 Å². The van der Waals surface area contributed by atoms with Crippen LogP contribution in [0.5, 0.6) is 0 Å². The van der Waals surface area contributed by atoms with E-state index >= 15 is 0 Å². The van der Waals surface area contributed by atoms with Gasteiger partial charge in [-0.05, 0) is 47.5 Å². The van der Waals surface area contributed by atoms with E-state index in [4.69, 9.17) is 23.8 Å². The van der Waals surface area contributed by atoms with Crippen LogP contribution in [0.2, 0.25) is 0 Å². The smallest absolute Gasteiger partial charge is 0.180 e. The van der Waals surface area contributed by atoms with Crippen molar-refractivity contribution in [1.82, 2.24) is 24.9 Å². The maximum absolute atomic E-state index is 6.56. The summed E-state index contributed by atoms with van der Waals surface area (Å²) >= 11 is 0. The topological polar surface area (TPSA) is 90.7 Å². The molecule has 0 radical (unpaired) electrons. The van der Waals surface area contributed by atoms with Crippen LogP contribution in [-0.2, 0) is 0 Å². The van der Waals surface area contributed by atoms with Crippen molar-refractivity contribution < 1.29 is 8.83 Å². The van der Waals surface area contributed by atoms with Crippen LogP contribution in [-0.4, -0.2) is 24.9 Å². The fourth-order valence-corrected chi connectivity index (χ4v) is 6.64. The molecule has 0 saturated carbocycles. The fourth-order valence-electron chi connectivity index (χ4n) is 6.64. The minimum atomic E-state index is 0.533. The van der Waals surface area contributed by atoms with Gasteiger partial charge in [0, 0.05) is 32.8 Å². The molecule has 234 valence electrons. The van der Waals surface area contributed by atoms with Gasteiger partial charge >= 0.3 is 0 Å². The normalized spacial score (nSPS) is 11.6. The molecule has 0 saturated heterocycles. The molecule has 0 amide bonds. The Morgan fingerprint density at radius 1 is 0.380 bits per heavy atom. The van der Waals surface area contributed by atoms with Gasteiger partial charge in [-0.25, -0.2) is 24.9 Å². The standard InChI is InChI=1S/C43H25N5O2/c1-3-10-26(11-4-1)27-18-20-29(21-19-27)42-46-41(28-12-5-2-6-13-28)47-43(48-42)33-16-9-15-31-34-24-30(22-23-36(34)49-39(31)33)37-40-38(45-25-44-37)32-14-7-8-17-35(32)50-40/h1-25H. The summed E-state index contributed by atoms with van der Waals surface area (Å²) in [5.74, 6) is 1.71. The molecule has 10 aromatic rings. The largest absolute Gasteiger partial charge is 0.455 e. The maximum Gasteiger partial charge on any atom is 0.180 e. The van der Waals surface area contributed by atoms with E-state index in [2.05, 4.69) is 58.5 Å². The number of benzene rings is 6. The highest BCUT2D eigenvalue weighted by molar-refractivity contribution is 6.11. The molecule has 4 heterocycles. The van der Waals surface area contributed by atoms with Gasteiger partial charge < -0.3 is 8.83 Å². The summed E-state index contributed by atoms with van der Waals surface area (Å²) in [6.45, 7) is 0. The number of rotatable bonds is 5. The lowest BCUT2D eigenvalue weighted by Crippen LogP contribution is -2.00. The van der Waals surface area contributed by atoms with Crippen molar-refractivity contribution in [3.05, 3.63) is 152 Å². The molecule has 0 aliphatic rings. The number of hydrogen-bond acceptors (Lipinski definition) is 7. The molecule has 0 fully saturated rings. The van der Waals surface area contributed by atoms with Crippen molar-refractivity contribution in [3.63, 3.8) is 0 Å². The first kappa shape index (κ1) is 28.1. The lowest BCUT2D eigenvalue weighted by Gasteiger charge is -2.09. The summed E-state index contributed by atoms with van der Waals surface area (Å²) < 4.78 is 12.8. The monoisotopic (exact) mass is 643 g/mol. The third-order valence-corrected chi connectivity index (χ3v) is 9.09. The van der Waals surface area contributed by atoms with E-state index in [9.17, 15) is 0 Å². The molecule has 50 heavy (non-hydrogen) atoms. The molecule has 7 nitrogen and oxygen atoms in total. The zero-order valence-electron chi connectivity index (χ0n) is 26.5. The zero-order valence-corrected chi connectivity index (χ0v) is 26.5. The highest BCUT2D eigenvalue weighted by atomic mass is 16.3. The average molecular weight is 644 g/mol. The van der Waals surface area contributed by atoms with Crippen LogP contribution in [0.15, 0.2) is 161 Å². The van der Waals surface area contributed by atoms with Crippen molar-refractivity contribution in [3.8, 4) is 56.5 Å². The molecule has 0 unspecified atom stereocenters. The molecule has 10 rings (SSSR count). The highest BCUT2D eigenvalue weighted by Gasteiger charge is 2.20. The molecule has 0 N–H and O–H groups in total. The Balaban J connectivity index is 1.12. The Morgan fingerprint density at radius 3 is 1.76 bits per heavy atom. The van der Waals surface area contributed by atoms with Crippen LogP contribution < -0.4 is 0 Å². The Bertz CT molecular complexity index is 2860. The minimum absolute atomic E-state index is 0.533. The van der Waals surface area contributed by atoms with Crippen molar-refractivity contribution in [2.24, 2.45) is 0 Å². The molecule has 0 aliphatic carbocycles. The van der Waals surface area contributed by atoms with Gasteiger partial charge in [0.2, 0.25) is 0 Å². The van der Waals surface area contributed by atoms with Crippen LogP contribution >= 0.6 is 0 Å². The van der Waals surface area contributed by atoms with Crippen LogP contribution in [0, 0.1) is 0 Å². The van der Waals surface area contributed by atoms with Gasteiger partial charge in [0.25, 0.3) is 0 Å². The molecular weight excluding hydrogens is 619 g/mol. The Labute approximate surface area is 285 Å². The van der Waals surface area contributed by atoms with Gasteiger partial charge in [-0.3, -0.25) is 0 Å². The molecule has 0 spiro atoms. The molecular formula is C43H25N5O2. The quantitative estimate of drug-likeness (QED) is 0.184. The first-order chi connectivity index (χ1) is 24.8. The average Bonchev–Trinajstić information content (AvgIpc) is 3.77. The molecule has 7 heteroatoms. The molecule has 0 bridgehead atoms. The lowest BCUT2D eigenvalue weighted by atomic mass is 10.0. The SMILES string of the molecule is c1ccc(-c2ccc(-c3nc(-c4ccccc4)nc(-c4cccc5c4oc4ccc(-c6ncnc7c6oc6ccccc67)cc45)n3)cc2)cc1. The first-order valence-corrected chi connectivity index (χ1v) is 16.3.